The number of esters is 2. The van der Waals surface area contributed by atoms with Gasteiger partial charge in [-0.1, -0.05) is 17.7 Å². The maximum Gasteiger partial charge on any atom is 0.336 e. The zero-order chi connectivity index (χ0) is 18.6. The lowest BCUT2D eigenvalue weighted by Crippen LogP contribution is -2.27. The molecule has 0 aromatic heterocycles. The Bertz CT molecular complexity index is 707. The van der Waals surface area contributed by atoms with Gasteiger partial charge in [-0.15, -0.1) is 0 Å². The third-order valence-corrected chi connectivity index (χ3v) is 4.03. The van der Waals surface area contributed by atoms with E-state index >= 15 is 0 Å². The molecule has 0 saturated carbocycles. The Hall–Kier alpha value is -2.47. The van der Waals surface area contributed by atoms with E-state index in [1.165, 1.54) is 14.2 Å². The minimum atomic E-state index is -0.649. The summed E-state index contributed by atoms with van der Waals surface area (Å²) in [5.74, 6) is -1.18. The van der Waals surface area contributed by atoms with Crippen LogP contribution < -0.4 is 4.74 Å². The molecule has 25 heavy (non-hydrogen) atoms. The molecule has 7 heteroatoms. The van der Waals surface area contributed by atoms with Crippen molar-refractivity contribution in [2.75, 3.05) is 27.9 Å². The molecule has 6 nitrogen and oxygen atoms in total. The summed E-state index contributed by atoms with van der Waals surface area (Å²) in [5, 5.41) is 0.395. The van der Waals surface area contributed by atoms with Crippen molar-refractivity contribution in [1.29, 1.82) is 0 Å². The normalized spacial score (nSPS) is 14.5. The third kappa shape index (κ3) is 3.96. The van der Waals surface area contributed by atoms with E-state index in [1.54, 1.807) is 42.5 Å². The van der Waals surface area contributed by atoms with Gasteiger partial charge in [-0.05, 0) is 24.6 Å². The fraction of sp³-hybridized carbons (Fsp3) is 0.333. The Morgan fingerprint density at radius 1 is 1.12 bits per heavy atom. The Morgan fingerprint density at radius 2 is 1.68 bits per heavy atom. The second-order valence-corrected chi connectivity index (χ2v) is 5.78. The second kappa shape index (κ2) is 8.07. The van der Waals surface area contributed by atoms with Crippen molar-refractivity contribution in [2.45, 2.75) is 12.8 Å². The number of halogens is 1. The fourth-order valence-electron chi connectivity index (χ4n) is 2.70. The monoisotopic (exact) mass is 365 g/mol. The Balaban J connectivity index is 2.56. The number of benzene rings is 1. The van der Waals surface area contributed by atoms with E-state index in [1.807, 2.05) is 6.92 Å². The molecule has 0 aliphatic carbocycles. The number of carbonyl (C=O) groups is 2. The Kier molecular flexibility index (Phi) is 6.09. The number of rotatable bonds is 5. The summed E-state index contributed by atoms with van der Waals surface area (Å²) in [6, 6.07) is 5.15. The van der Waals surface area contributed by atoms with Crippen LogP contribution in [0.3, 0.4) is 0 Å². The second-order valence-electron chi connectivity index (χ2n) is 5.37. The molecule has 0 unspecified atom stereocenters. The van der Waals surface area contributed by atoms with Gasteiger partial charge in [-0.25, -0.2) is 9.59 Å². The van der Waals surface area contributed by atoms with Crippen LogP contribution in [0.4, 0.5) is 0 Å². The van der Waals surface area contributed by atoms with Gasteiger partial charge >= 0.3 is 11.9 Å². The molecule has 1 heterocycles. The fourth-order valence-corrected chi connectivity index (χ4v) is 2.94. The van der Waals surface area contributed by atoms with Gasteiger partial charge in [0.1, 0.15) is 5.75 Å². The van der Waals surface area contributed by atoms with Crippen molar-refractivity contribution in [3.8, 4) is 5.75 Å². The van der Waals surface area contributed by atoms with Gasteiger partial charge in [-0.2, -0.15) is 0 Å². The minimum absolute atomic E-state index is 0.313. The van der Waals surface area contributed by atoms with Gasteiger partial charge in [-0.3, -0.25) is 0 Å². The number of methoxy groups -OCH3 is 2. The molecule has 0 fully saturated rings. The van der Waals surface area contributed by atoms with Crippen LogP contribution in [0.25, 0.3) is 0 Å². The van der Waals surface area contributed by atoms with Crippen LogP contribution in [0.5, 0.6) is 5.75 Å². The van der Waals surface area contributed by atoms with Crippen molar-refractivity contribution in [1.82, 2.24) is 4.90 Å². The molecule has 0 radical (unpaired) electrons. The summed E-state index contributed by atoms with van der Waals surface area (Å²) in [6.07, 6.45) is 3.24. The van der Waals surface area contributed by atoms with Crippen molar-refractivity contribution in [3.05, 3.63) is 52.3 Å². The first-order chi connectivity index (χ1) is 11.9. The van der Waals surface area contributed by atoms with Crippen LogP contribution in [0.1, 0.15) is 18.4 Å². The van der Waals surface area contributed by atoms with Gasteiger partial charge < -0.3 is 19.1 Å². The summed E-state index contributed by atoms with van der Waals surface area (Å²) in [6.45, 7) is 2.34. The summed E-state index contributed by atoms with van der Waals surface area (Å²) in [4.78, 5) is 26.1. The summed E-state index contributed by atoms with van der Waals surface area (Å²) in [5.41, 5.74) is 1.29. The molecule has 1 aromatic carbocycles. The molecule has 1 aromatic rings. The molecular weight excluding hydrogens is 346 g/mol. The molecule has 1 aliphatic rings. The molecule has 0 spiro atoms. The molecule has 0 atom stereocenters. The summed E-state index contributed by atoms with van der Waals surface area (Å²) >= 11 is 6.27. The van der Waals surface area contributed by atoms with Crippen LogP contribution in [0.15, 0.2) is 41.7 Å². The number of hydrogen-bond acceptors (Lipinski definition) is 6. The number of nitrogens with zero attached hydrogens (tertiary/aromatic N) is 1. The lowest BCUT2D eigenvalue weighted by molar-refractivity contribution is -0.137. The highest BCUT2D eigenvalue weighted by Gasteiger charge is 2.34. The van der Waals surface area contributed by atoms with E-state index in [-0.39, 0.29) is 0 Å². The smallest absolute Gasteiger partial charge is 0.336 e. The van der Waals surface area contributed by atoms with E-state index in [4.69, 9.17) is 25.8 Å². The van der Waals surface area contributed by atoms with E-state index in [2.05, 4.69) is 0 Å². The van der Waals surface area contributed by atoms with E-state index in [9.17, 15) is 9.59 Å². The maximum absolute atomic E-state index is 12.3. The highest BCUT2D eigenvalue weighted by molar-refractivity contribution is 6.32. The minimum Gasteiger partial charge on any atom is -0.492 e. The first-order valence-electron chi connectivity index (χ1n) is 7.67. The largest absolute Gasteiger partial charge is 0.492 e. The average molecular weight is 366 g/mol. The number of carbonyl (C=O) groups excluding carboxylic acids is 2. The maximum atomic E-state index is 12.3. The number of hydrogen-bond donors (Lipinski definition) is 0. The summed E-state index contributed by atoms with van der Waals surface area (Å²) < 4.78 is 15.2. The van der Waals surface area contributed by atoms with Crippen LogP contribution in [-0.2, 0) is 19.1 Å². The zero-order valence-corrected chi connectivity index (χ0v) is 15.3. The van der Waals surface area contributed by atoms with Gasteiger partial charge in [0.25, 0.3) is 0 Å². The van der Waals surface area contributed by atoms with Crippen molar-refractivity contribution in [2.24, 2.45) is 0 Å². The van der Waals surface area contributed by atoms with Crippen LogP contribution in [0.2, 0.25) is 5.02 Å². The molecule has 0 saturated heterocycles. The standard InChI is InChI=1S/C18H20ClNO5/c1-5-25-15-7-6-11(8-14(15)19)16-12(17(21)23-3)9-20(2)10-13(16)18(22)24-4/h6-10,16H,5H2,1-4H3. The number of ether oxygens (including phenoxy) is 3. The molecule has 0 bridgehead atoms. The molecule has 1 aliphatic heterocycles. The highest BCUT2D eigenvalue weighted by Crippen LogP contribution is 2.39. The topological polar surface area (TPSA) is 65.1 Å². The molecule has 0 amide bonds. The Labute approximate surface area is 151 Å². The van der Waals surface area contributed by atoms with Gasteiger partial charge in [0, 0.05) is 19.4 Å². The van der Waals surface area contributed by atoms with Crippen LogP contribution in [0, 0.1) is 0 Å². The van der Waals surface area contributed by atoms with E-state index < -0.39 is 17.9 Å². The highest BCUT2D eigenvalue weighted by atomic mass is 35.5. The van der Waals surface area contributed by atoms with E-state index in [0.717, 1.165) is 0 Å². The molecule has 134 valence electrons. The first-order valence-corrected chi connectivity index (χ1v) is 8.04. The quantitative estimate of drug-likeness (QED) is 0.747. The van der Waals surface area contributed by atoms with Gasteiger partial charge in [0.15, 0.2) is 0 Å². The van der Waals surface area contributed by atoms with Crippen LogP contribution >= 0.6 is 11.6 Å². The van der Waals surface area contributed by atoms with E-state index in [0.29, 0.717) is 34.1 Å². The van der Waals surface area contributed by atoms with Gasteiger partial charge in [0.05, 0.1) is 42.9 Å². The zero-order valence-electron chi connectivity index (χ0n) is 14.5. The third-order valence-electron chi connectivity index (χ3n) is 3.74. The van der Waals surface area contributed by atoms with Crippen LogP contribution in [-0.4, -0.2) is 44.7 Å². The SMILES string of the molecule is CCOc1ccc(C2C(C(=O)OC)=CN(C)C=C2C(=O)OC)cc1Cl. The van der Waals surface area contributed by atoms with Crippen molar-refractivity contribution >= 4 is 23.5 Å². The Morgan fingerprint density at radius 3 is 2.12 bits per heavy atom. The van der Waals surface area contributed by atoms with Crippen molar-refractivity contribution in [3.63, 3.8) is 0 Å². The molecular formula is C18H20ClNO5. The molecule has 0 N–H and O–H groups in total. The first kappa shape index (κ1) is 18.9. The lowest BCUT2D eigenvalue weighted by atomic mass is 9.83. The summed E-state index contributed by atoms with van der Waals surface area (Å²) in [7, 11) is 4.30. The van der Waals surface area contributed by atoms with Crippen molar-refractivity contribution < 1.29 is 23.8 Å². The predicted octanol–water partition coefficient (Wildman–Crippen LogP) is 2.88. The lowest BCUT2D eigenvalue weighted by Gasteiger charge is -2.28. The predicted molar refractivity (Wildman–Crippen MR) is 93.3 cm³/mol. The molecule has 2 rings (SSSR count). The average Bonchev–Trinajstić information content (AvgIpc) is 2.61. The van der Waals surface area contributed by atoms with Gasteiger partial charge in [0.2, 0.25) is 0 Å².